The second-order valence-electron chi connectivity index (χ2n) is 6.10. The quantitative estimate of drug-likeness (QED) is 0.467. The van der Waals surface area contributed by atoms with Crippen molar-refractivity contribution in [1.29, 1.82) is 0 Å². The molecule has 0 aliphatic rings. The van der Waals surface area contributed by atoms with Crippen molar-refractivity contribution >= 4 is 34.6 Å². The standard InChI is InChI=1S/C20H14N4O6/c25-19(22-16-7-3-9-18(12-16)24(29)30)13-4-1-6-15(10-13)21-20(26)14-5-2-8-17(11-14)23(27)28/h1-12H,(H,21,26)(H,22,25). The van der Waals surface area contributed by atoms with Gasteiger partial charge < -0.3 is 10.6 Å². The van der Waals surface area contributed by atoms with Crippen LogP contribution in [0.5, 0.6) is 0 Å². The van der Waals surface area contributed by atoms with Crippen LogP contribution in [0.4, 0.5) is 22.7 Å². The van der Waals surface area contributed by atoms with E-state index in [0.29, 0.717) is 5.69 Å². The molecule has 2 amide bonds. The molecule has 150 valence electrons. The third-order valence-electron chi connectivity index (χ3n) is 4.02. The first-order chi connectivity index (χ1) is 14.3. The van der Waals surface area contributed by atoms with Crippen molar-refractivity contribution in [2.24, 2.45) is 0 Å². The summed E-state index contributed by atoms with van der Waals surface area (Å²) < 4.78 is 0. The maximum Gasteiger partial charge on any atom is 0.271 e. The zero-order valence-corrected chi connectivity index (χ0v) is 15.3. The van der Waals surface area contributed by atoms with Crippen molar-refractivity contribution in [2.75, 3.05) is 10.6 Å². The molecule has 0 aromatic heterocycles. The van der Waals surface area contributed by atoms with E-state index in [9.17, 15) is 29.8 Å². The van der Waals surface area contributed by atoms with Gasteiger partial charge in [-0.25, -0.2) is 0 Å². The predicted octanol–water partition coefficient (Wildman–Crippen LogP) is 4.01. The van der Waals surface area contributed by atoms with E-state index in [0.717, 1.165) is 6.07 Å². The first kappa shape index (κ1) is 20.1. The molecule has 2 N–H and O–H groups in total. The summed E-state index contributed by atoms with van der Waals surface area (Å²) in [6.07, 6.45) is 0. The van der Waals surface area contributed by atoms with Gasteiger partial charge in [-0.15, -0.1) is 0 Å². The van der Waals surface area contributed by atoms with E-state index in [1.165, 1.54) is 54.6 Å². The normalized spacial score (nSPS) is 10.1. The highest BCUT2D eigenvalue weighted by atomic mass is 16.6. The number of nitrogens with zero attached hydrogens (tertiary/aromatic N) is 2. The SMILES string of the molecule is O=C(Nc1cccc([N+](=O)[O-])c1)c1cccc(NC(=O)c2cccc([N+](=O)[O-])c2)c1. The summed E-state index contributed by atoms with van der Waals surface area (Å²) in [5.74, 6) is -1.10. The summed E-state index contributed by atoms with van der Waals surface area (Å²) in [6, 6.07) is 16.8. The van der Waals surface area contributed by atoms with Crippen molar-refractivity contribution < 1.29 is 19.4 Å². The van der Waals surface area contributed by atoms with Crippen LogP contribution in [0.1, 0.15) is 20.7 Å². The van der Waals surface area contributed by atoms with E-state index < -0.39 is 21.7 Å². The Balaban J connectivity index is 1.74. The molecule has 0 aliphatic carbocycles. The molecule has 0 spiro atoms. The summed E-state index contributed by atoms with van der Waals surface area (Å²) in [4.78, 5) is 45.3. The molecule has 10 heteroatoms. The number of nitrogens with one attached hydrogen (secondary N) is 2. The van der Waals surface area contributed by atoms with Gasteiger partial charge in [-0.2, -0.15) is 0 Å². The summed E-state index contributed by atoms with van der Waals surface area (Å²) in [7, 11) is 0. The lowest BCUT2D eigenvalue weighted by atomic mass is 10.1. The number of benzene rings is 3. The van der Waals surface area contributed by atoms with Crippen molar-refractivity contribution in [3.63, 3.8) is 0 Å². The molecule has 0 unspecified atom stereocenters. The lowest BCUT2D eigenvalue weighted by molar-refractivity contribution is -0.385. The Bertz CT molecular complexity index is 1160. The number of carbonyl (C=O) groups is 2. The molecule has 0 fully saturated rings. The number of carbonyl (C=O) groups excluding carboxylic acids is 2. The van der Waals surface area contributed by atoms with E-state index >= 15 is 0 Å². The second-order valence-corrected chi connectivity index (χ2v) is 6.10. The molecule has 0 saturated carbocycles. The minimum absolute atomic E-state index is 0.0932. The third kappa shape index (κ3) is 4.81. The minimum Gasteiger partial charge on any atom is -0.322 e. The number of nitro benzene ring substituents is 2. The smallest absolute Gasteiger partial charge is 0.271 e. The number of amides is 2. The molecule has 30 heavy (non-hydrogen) atoms. The molecule has 0 atom stereocenters. The van der Waals surface area contributed by atoms with Crippen LogP contribution in [0.3, 0.4) is 0 Å². The average Bonchev–Trinajstić information content (AvgIpc) is 2.74. The summed E-state index contributed by atoms with van der Waals surface area (Å²) in [6.45, 7) is 0. The Hall–Kier alpha value is -4.60. The van der Waals surface area contributed by atoms with Crippen molar-refractivity contribution in [2.45, 2.75) is 0 Å². The van der Waals surface area contributed by atoms with E-state index in [1.807, 2.05) is 0 Å². The lowest BCUT2D eigenvalue weighted by Gasteiger charge is -2.09. The van der Waals surface area contributed by atoms with E-state index in [-0.39, 0.29) is 28.2 Å². The van der Waals surface area contributed by atoms with Gasteiger partial charge in [0.15, 0.2) is 0 Å². The monoisotopic (exact) mass is 406 g/mol. The fourth-order valence-corrected chi connectivity index (χ4v) is 2.60. The van der Waals surface area contributed by atoms with Crippen LogP contribution in [0.2, 0.25) is 0 Å². The second kappa shape index (κ2) is 8.61. The highest BCUT2D eigenvalue weighted by Crippen LogP contribution is 2.19. The van der Waals surface area contributed by atoms with Crippen LogP contribution in [0, 0.1) is 20.2 Å². The number of non-ortho nitro benzene ring substituents is 2. The molecule has 3 aromatic carbocycles. The van der Waals surface area contributed by atoms with Gasteiger partial charge in [0, 0.05) is 46.8 Å². The van der Waals surface area contributed by atoms with Crippen LogP contribution in [0.25, 0.3) is 0 Å². The molecular formula is C20H14N4O6. The molecule has 0 aliphatic heterocycles. The van der Waals surface area contributed by atoms with Crippen molar-refractivity contribution in [3.05, 3.63) is 104 Å². The topological polar surface area (TPSA) is 144 Å². The fourth-order valence-electron chi connectivity index (χ4n) is 2.60. The van der Waals surface area contributed by atoms with Crippen LogP contribution in [-0.4, -0.2) is 21.7 Å². The van der Waals surface area contributed by atoms with Crippen molar-refractivity contribution in [3.8, 4) is 0 Å². The van der Waals surface area contributed by atoms with Crippen LogP contribution in [-0.2, 0) is 0 Å². The summed E-state index contributed by atoms with van der Waals surface area (Å²) in [5, 5.41) is 26.8. The molecule has 10 nitrogen and oxygen atoms in total. The number of nitro groups is 2. The molecule has 0 bridgehead atoms. The van der Waals surface area contributed by atoms with Gasteiger partial charge in [0.25, 0.3) is 23.2 Å². The Morgan fingerprint density at radius 2 is 1.07 bits per heavy atom. The number of rotatable bonds is 6. The van der Waals surface area contributed by atoms with Crippen molar-refractivity contribution in [1.82, 2.24) is 0 Å². The molecule has 3 aromatic rings. The van der Waals surface area contributed by atoms with Crippen LogP contribution < -0.4 is 10.6 Å². The molecule has 0 heterocycles. The first-order valence-corrected chi connectivity index (χ1v) is 8.55. The Morgan fingerprint density at radius 1 is 0.633 bits per heavy atom. The summed E-state index contributed by atoms with van der Waals surface area (Å²) >= 11 is 0. The number of hydrogen-bond acceptors (Lipinski definition) is 6. The van der Waals surface area contributed by atoms with Crippen LogP contribution in [0.15, 0.2) is 72.8 Å². The summed E-state index contributed by atoms with van der Waals surface area (Å²) in [5.41, 5.74) is 0.478. The zero-order chi connectivity index (χ0) is 21.7. The Morgan fingerprint density at radius 3 is 1.63 bits per heavy atom. The van der Waals surface area contributed by atoms with Crippen LogP contribution >= 0.6 is 0 Å². The van der Waals surface area contributed by atoms with Gasteiger partial charge in [-0.05, 0) is 30.3 Å². The lowest BCUT2D eigenvalue weighted by Crippen LogP contribution is -2.15. The maximum absolute atomic E-state index is 12.5. The Kier molecular flexibility index (Phi) is 5.78. The minimum atomic E-state index is -0.602. The van der Waals surface area contributed by atoms with Gasteiger partial charge in [0.2, 0.25) is 0 Å². The largest absolute Gasteiger partial charge is 0.322 e. The molecular weight excluding hydrogens is 392 g/mol. The average molecular weight is 406 g/mol. The predicted molar refractivity (Wildman–Crippen MR) is 109 cm³/mol. The number of hydrogen-bond donors (Lipinski definition) is 2. The van der Waals surface area contributed by atoms with E-state index in [2.05, 4.69) is 10.6 Å². The molecule has 3 rings (SSSR count). The number of anilines is 2. The third-order valence-corrected chi connectivity index (χ3v) is 4.02. The van der Waals surface area contributed by atoms with Gasteiger partial charge in [0.05, 0.1) is 9.85 Å². The molecule has 0 radical (unpaired) electrons. The van der Waals surface area contributed by atoms with Gasteiger partial charge in [-0.1, -0.05) is 18.2 Å². The van der Waals surface area contributed by atoms with Gasteiger partial charge in [-0.3, -0.25) is 29.8 Å². The highest BCUT2D eigenvalue weighted by Gasteiger charge is 2.14. The highest BCUT2D eigenvalue weighted by molar-refractivity contribution is 6.07. The maximum atomic E-state index is 12.5. The molecule has 0 saturated heterocycles. The fraction of sp³-hybridized carbons (Fsp3) is 0. The van der Waals surface area contributed by atoms with Gasteiger partial charge >= 0.3 is 0 Å². The zero-order valence-electron chi connectivity index (χ0n) is 15.3. The first-order valence-electron chi connectivity index (χ1n) is 8.55. The van der Waals surface area contributed by atoms with E-state index in [4.69, 9.17) is 0 Å². The Labute approximate surface area is 169 Å². The van der Waals surface area contributed by atoms with E-state index in [1.54, 1.807) is 12.1 Å². The van der Waals surface area contributed by atoms with Gasteiger partial charge in [0.1, 0.15) is 0 Å².